The minimum absolute atomic E-state index is 0.327. The average Bonchev–Trinajstić information content (AvgIpc) is 3.13. The molecule has 0 aliphatic carbocycles. The molecule has 2 rings (SSSR count). The van der Waals surface area contributed by atoms with Crippen molar-refractivity contribution < 1.29 is 9.53 Å². The lowest BCUT2D eigenvalue weighted by atomic mass is 10.1. The van der Waals surface area contributed by atoms with Crippen LogP contribution in [0.4, 0.5) is 0 Å². The lowest BCUT2D eigenvalue weighted by Gasteiger charge is -2.00. The fraction of sp³-hybridized carbons (Fsp3) is 0.238. The maximum atomic E-state index is 10.9. The number of imidazole rings is 1. The molecular formula is C21H27N3O2. The van der Waals surface area contributed by atoms with E-state index >= 15 is 0 Å². The zero-order valence-corrected chi connectivity index (χ0v) is 15.9. The van der Waals surface area contributed by atoms with Gasteiger partial charge in [0.2, 0.25) is 0 Å². The normalized spacial score (nSPS) is 11.4. The number of nitrogens with zero attached hydrogens (tertiary/aromatic N) is 1. The van der Waals surface area contributed by atoms with E-state index in [1.807, 2.05) is 56.3 Å². The van der Waals surface area contributed by atoms with Gasteiger partial charge in [-0.15, -0.1) is 0 Å². The number of nitrogens with two attached hydrogens (primary N) is 1. The molecule has 1 amide bonds. The molecule has 0 aliphatic heterocycles. The van der Waals surface area contributed by atoms with Gasteiger partial charge in [-0.3, -0.25) is 4.79 Å². The summed E-state index contributed by atoms with van der Waals surface area (Å²) in [6.45, 7) is 9.71. The van der Waals surface area contributed by atoms with Gasteiger partial charge in [0.15, 0.2) is 0 Å². The minimum atomic E-state index is -0.498. The Morgan fingerprint density at radius 2 is 2.04 bits per heavy atom. The van der Waals surface area contributed by atoms with E-state index in [0.29, 0.717) is 11.5 Å². The lowest BCUT2D eigenvalue weighted by molar-refractivity contribution is 0.0996. The van der Waals surface area contributed by atoms with E-state index in [4.69, 9.17) is 10.5 Å². The summed E-state index contributed by atoms with van der Waals surface area (Å²) in [5.74, 6) is 1.16. The van der Waals surface area contributed by atoms with Crippen molar-refractivity contribution in [2.45, 2.75) is 27.2 Å². The molecule has 5 heteroatoms. The Kier molecular flexibility index (Phi) is 8.64. The van der Waals surface area contributed by atoms with Gasteiger partial charge in [0, 0.05) is 12.0 Å². The zero-order valence-electron chi connectivity index (χ0n) is 15.9. The van der Waals surface area contributed by atoms with Gasteiger partial charge in [-0.1, -0.05) is 55.5 Å². The van der Waals surface area contributed by atoms with Crippen LogP contribution in [0.3, 0.4) is 0 Å². The third-order valence-electron chi connectivity index (χ3n) is 3.71. The largest absolute Gasteiger partial charge is 0.501 e. The fourth-order valence-corrected chi connectivity index (χ4v) is 2.04. The highest BCUT2D eigenvalue weighted by atomic mass is 16.5. The van der Waals surface area contributed by atoms with E-state index in [1.54, 1.807) is 7.11 Å². The molecule has 0 spiro atoms. The summed E-state index contributed by atoms with van der Waals surface area (Å²) in [4.78, 5) is 17.9. The van der Waals surface area contributed by atoms with Crippen LogP contribution in [0, 0.1) is 6.92 Å². The van der Waals surface area contributed by atoms with Gasteiger partial charge >= 0.3 is 0 Å². The molecule has 0 aliphatic rings. The number of aromatic amines is 1. The number of nitrogens with one attached hydrogen (secondary N) is 1. The van der Waals surface area contributed by atoms with Crippen molar-refractivity contribution in [2.75, 3.05) is 7.11 Å². The van der Waals surface area contributed by atoms with Crippen LogP contribution >= 0.6 is 0 Å². The maximum Gasteiger partial charge on any atom is 0.266 e. The van der Waals surface area contributed by atoms with Crippen molar-refractivity contribution >= 4 is 5.91 Å². The Morgan fingerprint density at radius 1 is 1.35 bits per heavy atom. The number of aryl methyl sites for hydroxylation is 1. The number of amides is 1. The number of allylic oxidation sites excluding steroid dienone is 5. The van der Waals surface area contributed by atoms with Crippen LogP contribution < -0.4 is 5.73 Å². The second-order valence-electron chi connectivity index (χ2n) is 5.63. The smallest absolute Gasteiger partial charge is 0.266 e. The van der Waals surface area contributed by atoms with Gasteiger partial charge in [-0.2, -0.15) is 0 Å². The molecule has 0 fully saturated rings. The fourth-order valence-electron chi connectivity index (χ4n) is 2.04. The summed E-state index contributed by atoms with van der Waals surface area (Å²) in [6, 6.07) is 7.81. The summed E-state index contributed by atoms with van der Waals surface area (Å²) in [7, 11) is 1.69. The monoisotopic (exact) mass is 353 g/mol. The third-order valence-corrected chi connectivity index (χ3v) is 3.71. The quantitative estimate of drug-likeness (QED) is 0.591. The Morgan fingerprint density at radius 3 is 2.54 bits per heavy atom. The van der Waals surface area contributed by atoms with Gasteiger partial charge in [-0.05, 0) is 25.5 Å². The number of carbonyl (C=O) groups excluding carboxylic acids is 1. The van der Waals surface area contributed by atoms with Crippen molar-refractivity contribution in [3.8, 4) is 11.4 Å². The minimum Gasteiger partial charge on any atom is -0.501 e. The number of hydrogen-bond acceptors (Lipinski definition) is 3. The molecule has 0 atom stereocenters. The lowest BCUT2D eigenvalue weighted by Crippen LogP contribution is -2.11. The van der Waals surface area contributed by atoms with E-state index in [1.165, 1.54) is 6.20 Å². The molecule has 3 N–H and O–H groups in total. The van der Waals surface area contributed by atoms with Crippen LogP contribution in [0.2, 0.25) is 0 Å². The Labute approximate surface area is 155 Å². The standard InChI is InChI=1S/C11H11N3O.C10H16O/c1-7-4-2-3-5-8(7)11-13-6-9(14-11)10(12)15;1-5-9(3)7-8-10(6-2)11-4/h2-6H,1H3,(H2,12,15)(H,13,14);5,7-8H,1,6H2,2-4H3/b;9-7-,10-8+. The SMILES string of the molecule is C=C/C(C)=C\C=C(/CC)OC.Cc1ccccc1-c1ncc(C(N)=O)[nH]1. The van der Waals surface area contributed by atoms with E-state index in [-0.39, 0.29) is 0 Å². The van der Waals surface area contributed by atoms with E-state index in [0.717, 1.165) is 28.9 Å². The highest BCUT2D eigenvalue weighted by Gasteiger charge is 2.08. The van der Waals surface area contributed by atoms with Gasteiger partial charge in [0.05, 0.1) is 19.1 Å². The number of rotatable bonds is 6. The summed E-state index contributed by atoms with van der Waals surface area (Å²) in [5.41, 5.74) is 8.68. The number of methoxy groups -OCH3 is 1. The van der Waals surface area contributed by atoms with Crippen molar-refractivity contribution in [1.29, 1.82) is 0 Å². The topological polar surface area (TPSA) is 81.0 Å². The Bertz CT molecular complexity index is 795. The first kappa shape index (κ1) is 21.0. The molecule has 5 nitrogen and oxygen atoms in total. The van der Waals surface area contributed by atoms with Crippen LogP contribution in [-0.4, -0.2) is 23.0 Å². The first-order valence-corrected chi connectivity index (χ1v) is 8.37. The Balaban J connectivity index is 0.000000276. The summed E-state index contributed by atoms with van der Waals surface area (Å²) in [6.07, 6.45) is 8.16. The molecule has 138 valence electrons. The highest BCUT2D eigenvalue weighted by molar-refractivity contribution is 5.91. The van der Waals surface area contributed by atoms with Gasteiger partial charge in [0.1, 0.15) is 11.5 Å². The third kappa shape index (κ3) is 6.43. The number of H-pyrrole nitrogens is 1. The van der Waals surface area contributed by atoms with Crippen molar-refractivity contribution in [3.05, 3.63) is 77.9 Å². The molecule has 0 unspecified atom stereocenters. The maximum absolute atomic E-state index is 10.9. The first-order chi connectivity index (χ1) is 12.4. The predicted octanol–water partition coefficient (Wildman–Crippen LogP) is 4.54. The van der Waals surface area contributed by atoms with Crippen molar-refractivity contribution in [3.63, 3.8) is 0 Å². The molecule has 0 saturated heterocycles. The number of carbonyl (C=O) groups is 1. The highest BCUT2D eigenvalue weighted by Crippen LogP contribution is 2.19. The zero-order chi connectivity index (χ0) is 19.5. The number of hydrogen-bond donors (Lipinski definition) is 2. The molecule has 0 saturated carbocycles. The molecule has 0 bridgehead atoms. The van der Waals surface area contributed by atoms with Crippen LogP contribution in [-0.2, 0) is 4.74 Å². The summed E-state index contributed by atoms with van der Waals surface area (Å²) >= 11 is 0. The molecular weight excluding hydrogens is 326 g/mol. The predicted molar refractivity (Wildman–Crippen MR) is 107 cm³/mol. The van der Waals surface area contributed by atoms with Crippen molar-refractivity contribution in [1.82, 2.24) is 9.97 Å². The van der Waals surface area contributed by atoms with Crippen LogP contribution in [0.1, 0.15) is 36.3 Å². The molecule has 0 radical (unpaired) electrons. The molecule has 1 heterocycles. The second-order valence-corrected chi connectivity index (χ2v) is 5.63. The number of aromatic nitrogens is 2. The molecule has 1 aromatic carbocycles. The van der Waals surface area contributed by atoms with Crippen LogP contribution in [0.15, 0.2) is 66.6 Å². The molecule has 1 aromatic heterocycles. The van der Waals surface area contributed by atoms with Gasteiger partial charge in [-0.25, -0.2) is 4.98 Å². The average molecular weight is 353 g/mol. The van der Waals surface area contributed by atoms with Gasteiger partial charge in [0.25, 0.3) is 5.91 Å². The van der Waals surface area contributed by atoms with Gasteiger partial charge < -0.3 is 15.5 Å². The Hall–Kier alpha value is -3.08. The van der Waals surface area contributed by atoms with Crippen molar-refractivity contribution in [2.24, 2.45) is 5.73 Å². The van der Waals surface area contributed by atoms with Crippen LogP contribution in [0.5, 0.6) is 0 Å². The number of ether oxygens (including phenoxy) is 1. The van der Waals surface area contributed by atoms with Crippen LogP contribution in [0.25, 0.3) is 11.4 Å². The first-order valence-electron chi connectivity index (χ1n) is 8.37. The number of benzene rings is 1. The molecule has 2 aromatic rings. The van der Waals surface area contributed by atoms with E-state index < -0.39 is 5.91 Å². The summed E-state index contributed by atoms with van der Waals surface area (Å²) in [5, 5.41) is 0. The second kappa shape index (κ2) is 10.7. The number of primary amides is 1. The summed E-state index contributed by atoms with van der Waals surface area (Å²) < 4.78 is 5.08. The molecule has 26 heavy (non-hydrogen) atoms. The van der Waals surface area contributed by atoms with E-state index in [9.17, 15) is 4.79 Å². The van der Waals surface area contributed by atoms with E-state index in [2.05, 4.69) is 23.5 Å².